The Balaban J connectivity index is 2.32. The second kappa shape index (κ2) is 4.16. The van der Waals surface area contributed by atoms with Gasteiger partial charge in [0.1, 0.15) is 17.4 Å². The van der Waals surface area contributed by atoms with Crippen LogP contribution in [-0.2, 0) is 7.05 Å². The number of nitrogens with zero attached hydrogens (tertiary/aromatic N) is 5. The Labute approximate surface area is 96.1 Å². The fourth-order valence-electron chi connectivity index (χ4n) is 1.03. The predicted molar refractivity (Wildman–Crippen MR) is 55.0 cm³/mol. The summed E-state index contributed by atoms with van der Waals surface area (Å²) < 4.78 is 6.72. The Morgan fingerprint density at radius 1 is 1.50 bits per heavy atom. The molecule has 80 valence electrons. The van der Waals surface area contributed by atoms with Crippen molar-refractivity contribution in [2.24, 2.45) is 7.05 Å². The molecule has 7 heteroatoms. The summed E-state index contributed by atoms with van der Waals surface area (Å²) in [4.78, 5) is 7.75. The number of nitriles is 1. The smallest absolute Gasteiger partial charge is 0.342 e. The molecular weight excluding hydrogens is 230 g/mol. The van der Waals surface area contributed by atoms with Crippen LogP contribution in [0.2, 0.25) is 5.02 Å². The van der Waals surface area contributed by atoms with Crippen molar-refractivity contribution in [1.82, 2.24) is 19.7 Å². The molecule has 0 aromatic carbocycles. The lowest BCUT2D eigenvalue weighted by Gasteiger charge is -2.02. The van der Waals surface area contributed by atoms with Crippen molar-refractivity contribution in [3.63, 3.8) is 0 Å². The van der Waals surface area contributed by atoms with Crippen LogP contribution in [0.4, 0.5) is 0 Å². The fraction of sp³-hybridized carbons (Fsp3) is 0.111. The molecule has 0 saturated carbocycles. The molecule has 6 nitrogen and oxygen atoms in total. The molecule has 0 aliphatic rings. The molecule has 16 heavy (non-hydrogen) atoms. The molecule has 0 atom stereocenters. The second-order valence-corrected chi connectivity index (χ2v) is 3.27. The maximum atomic E-state index is 8.76. The van der Waals surface area contributed by atoms with Gasteiger partial charge in [0.15, 0.2) is 0 Å². The number of aryl methyl sites for hydroxylation is 1. The molecule has 0 N–H and O–H groups in total. The van der Waals surface area contributed by atoms with Crippen molar-refractivity contribution in [1.29, 1.82) is 5.26 Å². The van der Waals surface area contributed by atoms with E-state index >= 15 is 0 Å². The van der Waals surface area contributed by atoms with Crippen molar-refractivity contribution in [2.75, 3.05) is 0 Å². The van der Waals surface area contributed by atoms with Gasteiger partial charge in [0.2, 0.25) is 5.88 Å². The van der Waals surface area contributed by atoms with Gasteiger partial charge in [-0.1, -0.05) is 11.6 Å². The standard InChI is InChI=1S/C9H6ClN5O/c1-15-5-13-9(14-15)16-8-7(10)6(4-11)2-3-12-8/h2-3,5H,1H3. The van der Waals surface area contributed by atoms with E-state index in [9.17, 15) is 0 Å². The molecule has 0 bridgehead atoms. The van der Waals surface area contributed by atoms with Crippen LogP contribution >= 0.6 is 11.6 Å². The molecular formula is C9H6ClN5O. The molecule has 2 rings (SSSR count). The largest absolute Gasteiger partial charge is 0.402 e. The summed E-state index contributed by atoms with van der Waals surface area (Å²) in [6, 6.07) is 3.56. The molecule has 0 fully saturated rings. The van der Waals surface area contributed by atoms with Crippen LogP contribution in [0, 0.1) is 11.3 Å². The van der Waals surface area contributed by atoms with Crippen molar-refractivity contribution in [3.05, 3.63) is 29.2 Å². The van der Waals surface area contributed by atoms with Gasteiger partial charge in [0.25, 0.3) is 0 Å². The van der Waals surface area contributed by atoms with E-state index in [1.54, 1.807) is 7.05 Å². The third kappa shape index (κ3) is 1.94. The van der Waals surface area contributed by atoms with Crippen LogP contribution in [0.3, 0.4) is 0 Å². The molecule has 2 aromatic heterocycles. The zero-order chi connectivity index (χ0) is 11.5. The molecule has 0 aliphatic carbocycles. The minimum atomic E-state index is 0.118. The second-order valence-electron chi connectivity index (χ2n) is 2.89. The Morgan fingerprint density at radius 2 is 2.31 bits per heavy atom. The van der Waals surface area contributed by atoms with Crippen LogP contribution in [0.15, 0.2) is 18.6 Å². The number of aromatic nitrogens is 4. The van der Waals surface area contributed by atoms with Gasteiger partial charge in [0, 0.05) is 13.2 Å². The topological polar surface area (TPSA) is 76.6 Å². The average Bonchev–Trinajstić information content (AvgIpc) is 2.67. The van der Waals surface area contributed by atoms with E-state index in [4.69, 9.17) is 21.6 Å². The van der Waals surface area contributed by atoms with Gasteiger partial charge < -0.3 is 4.74 Å². The van der Waals surface area contributed by atoms with Crippen molar-refractivity contribution in [3.8, 4) is 18.0 Å². The highest BCUT2D eigenvalue weighted by Gasteiger charge is 2.11. The van der Waals surface area contributed by atoms with E-state index in [1.165, 1.54) is 23.3 Å². The van der Waals surface area contributed by atoms with Crippen LogP contribution in [0.5, 0.6) is 11.9 Å². The van der Waals surface area contributed by atoms with Gasteiger partial charge in [-0.05, 0) is 6.07 Å². The maximum absolute atomic E-state index is 8.76. The molecule has 0 radical (unpaired) electrons. The van der Waals surface area contributed by atoms with Gasteiger partial charge in [-0.2, -0.15) is 10.2 Å². The first-order valence-electron chi connectivity index (χ1n) is 4.29. The first-order chi connectivity index (χ1) is 7.70. The van der Waals surface area contributed by atoms with Gasteiger partial charge in [0.05, 0.1) is 5.56 Å². The molecule has 2 heterocycles. The lowest BCUT2D eigenvalue weighted by Crippen LogP contribution is -1.93. The highest BCUT2D eigenvalue weighted by molar-refractivity contribution is 6.32. The number of pyridine rings is 1. The van der Waals surface area contributed by atoms with E-state index in [0.29, 0.717) is 5.56 Å². The number of hydrogen-bond acceptors (Lipinski definition) is 5. The van der Waals surface area contributed by atoms with Gasteiger partial charge in [-0.15, -0.1) is 5.10 Å². The number of ether oxygens (including phenoxy) is 1. The first-order valence-corrected chi connectivity index (χ1v) is 4.66. The van der Waals surface area contributed by atoms with Crippen molar-refractivity contribution < 1.29 is 4.74 Å². The van der Waals surface area contributed by atoms with Crippen molar-refractivity contribution in [2.45, 2.75) is 0 Å². The maximum Gasteiger partial charge on any atom is 0.342 e. The summed E-state index contributed by atoms with van der Waals surface area (Å²) in [6.07, 6.45) is 2.92. The van der Waals surface area contributed by atoms with Gasteiger partial charge >= 0.3 is 6.01 Å². The Morgan fingerprint density at radius 3 is 2.94 bits per heavy atom. The van der Waals surface area contributed by atoms with Crippen LogP contribution in [-0.4, -0.2) is 19.7 Å². The minimum Gasteiger partial charge on any atom is -0.402 e. The molecule has 2 aromatic rings. The van der Waals surface area contributed by atoms with E-state index in [1.807, 2.05) is 6.07 Å². The average molecular weight is 236 g/mol. The Bertz CT molecular complexity index is 559. The summed E-state index contributed by atoms with van der Waals surface area (Å²) in [5.74, 6) is 0.118. The predicted octanol–water partition coefficient (Wildman–Crippen LogP) is 1.53. The van der Waals surface area contributed by atoms with E-state index < -0.39 is 0 Å². The molecule has 0 amide bonds. The third-order valence-corrected chi connectivity index (χ3v) is 2.11. The van der Waals surface area contributed by atoms with E-state index in [-0.39, 0.29) is 16.9 Å². The lowest BCUT2D eigenvalue weighted by atomic mass is 10.3. The lowest BCUT2D eigenvalue weighted by molar-refractivity contribution is 0.422. The summed E-state index contributed by atoms with van der Waals surface area (Å²) in [5.41, 5.74) is 0.294. The quantitative estimate of drug-likeness (QED) is 0.789. The fourth-order valence-corrected chi connectivity index (χ4v) is 1.23. The van der Waals surface area contributed by atoms with Crippen molar-refractivity contribution >= 4 is 11.6 Å². The monoisotopic (exact) mass is 235 g/mol. The summed E-state index contributed by atoms with van der Waals surface area (Å²) in [6.45, 7) is 0. The Hall–Kier alpha value is -2.13. The van der Waals surface area contributed by atoms with Gasteiger partial charge in [-0.25, -0.2) is 4.98 Å². The number of rotatable bonds is 2. The van der Waals surface area contributed by atoms with Crippen LogP contribution < -0.4 is 4.74 Å². The number of hydrogen-bond donors (Lipinski definition) is 0. The minimum absolute atomic E-state index is 0.118. The molecule has 0 spiro atoms. The third-order valence-electron chi connectivity index (χ3n) is 1.74. The SMILES string of the molecule is Cn1cnc(Oc2nccc(C#N)c2Cl)n1. The molecule has 0 saturated heterocycles. The van der Waals surface area contributed by atoms with Crippen LogP contribution in [0.1, 0.15) is 5.56 Å². The first kappa shape index (κ1) is 10.4. The summed E-state index contributed by atoms with van der Waals surface area (Å²) in [7, 11) is 1.71. The van der Waals surface area contributed by atoms with Gasteiger partial charge in [-0.3, -0.25) is 4.68 Å². The normalized spacial score (nSPS) is 9.81. The zero-order valence-electron chi connectivity index (χ0n) is 8.25. The van der Waals surface area contributed by atoms with E-state index in [0.717, 1.165) is 0 Å². The summed E-state index contributed by atoms with van der Waals surface area (Å²) >= 11 is 5.89. The Kier molecular flexibility index (Phi) is 2.70. The van der Waals surface area contributed by atoms with Crippen LogP contribution in [0.25, 0.3) is 0 Å². The molecule has 0 aliphatic heterocycles. The highest BCUT2D eigenvalue weighted by atomic mass is 35.5. The van der Waals surface area contributed by atoms with E-state index in [2.05, 4.69) is 15.1 Å². The summed E-state index contributed by atoms with van der Waals surface area (Å²) in [5, 5.41) is 12.8. The highest BCUT2D eigenvalue weighted by Crippen LogP contribution is 2.27. The number of halogens is 1. The zero-order valence-corrected chi connectivity index (χ0v) is 9.01. The molecule has 0 unspecified atom stereocenters.